The summed E-state index contributed by atoms with van der Waals surface area (Å²) < 4.78 is 5.48. The molecule has 0 radical (unpaired) electrons. The lowest BCUT2D eigenvalue weighted by Crippen LogP contribution is -2.45. The summed E-state index contributed by atoms with van der Waals surface area (Å²) in [5, 5.41) is 23.4. The number of allylic oxidation sites excluding steroid dienone is 6. The van der Waals surface area contributed by atoms with Crippen LogP contribution < -0.4 is 5.32 Å². The standard InChI is InChI=1S/C76H145NO5/c1-3-5-7-9-11-13-15-17-18-42-45-48-52-56-60-64-68-74(79)73(72-78)77-75(80)69-65-61-57-53-49-46-43-40-38-36-34-32-30-28-26-24-22-20-19-21-23-25-27-29-31-33-35-37-39-41-44-47-51-55-59-63-67-71-82-76(81)70-66-62-58-54-50-16-14-12-10-8-6-4-2/h12,14,19,21,25,27,73-74,78-79H,3-11,13,15-18,20,22-24,26,28-72H2,1-2H3,(H,77,80)/b14-12-,21-19-,27-25-. The Morgan fingerprint density at radius 1 is 0.341 bits per heavy atom. The van der Waals surface area contributed by atoms with Crippen LogP contribution >= 0.6 is 0 Å². The quantitative estimate of drug-likeness (QED) is 0.0320. The van der Waals surface area contributed by atoms with Gasteiger partial charge in [0.25, 0.3) is 0 Å². The topological polar surface area (TPSA) is 95.9 Å². The third kappa shape index (κ3) is 67.2. The van der Waals surface area contributed by atoms with Gasteiger partial charge in [-0.3, -0.25) is 9.59 Å². The average molecular weight is 1150 g/mol. The smallest absolute Gasteiger partial charge is 0.305 e. The molecule has 0 bridgehead atoms. The van der Waals surface area contributed by atoms with Crippen LogP contribution in [0.1, 0.15) is 412 Å². The van der Waals surface area contributed by atoms with Crippen LogP contribution in [0.5, 0.6) is 0 Å². The average Bonchev–Trinajstić information content (AvgIpc) is 3.48. The molecule has 0 aromatic heterocycles. The van der Waals surface area contributed by atoms with Gasteiger partial charge in [0, 0.05) is 12.8 Å². The zero-order chi connectivity index (χ0) is 59.2. The Hall–Kier alpha value is -1.92. The Morgan fingerprint density at radius 3 is 0.963 bits per heavy atom. The van der Waals surface area contributed by atoms with Crippen LogP contribution in [0.4, 0.5) is 0 Å². The number of esters is 1. The molecule has 0 heterocycles. The number of carbonyl (C=O) groups is 2. The molecule has 2 atom stereocenters. The molecule has 0 aromatic carbocycles. The van der Waals surface area contributed by atoms with Crippen LogP contribution in [0.3, 0.4) is 0 Å². The zero-order valence-electron chi connectivity index (χ0n) is 55.5. The van der Waals surface area contributed by atoms with Crippen molar-refractivity contribution in [1.82, 2.24) is 5.32 Å². The number of hydrogen-bond donors (Lipinski definition) is 3. The van der Waals surface area contributed by atoms with Gasteiger partial charge in [-0.15, -0.1) is 0 Å². The predicted molar refractivity (Wildman–Crippen MR) is 361 cm³/mol. The first kappa shape index (κ1) is 80.1. The lowest BCUT2D eigenvalue weighted by molar-refractivity contribution is -0.143. The Labute approximate surface area is 513 Å². The molecule has 6 heteroatoms. The highest BCUT2D eigenvalue weighted by molar-refractivity contribution is 5.76. The number of aliphatic hydroxyl groups is 2. The lowest BCUT2D eigenvalue weighted by atomic mass is 10.0. The Morgan fingerprint density at radius 2 is 0.610 bits per heavy atom. The van der Waals surface area contributed by atoms with Crippen LogP contribution in [0, 0.1) is 0 Å². The second-order valence-corrected chi connectivity index (χ2v) is 25.6. The van der Waals surface area contributed by atoms with Gasteiger partial charge in [0.2, 0.25) is 5.91 Å². The van der Waals surface area contributed by atoms with Gasteiger partial charge >= 0.3 is 5.97 Å². The summed E-state index contributed by atoms with van der Waals surface area (Å²) in [7, 11) is 0. The third-order valence-corrected chi connectivity index (χ3v) is 17.4. The summed E-state index contributed by atoms with van der Waals surface area (Å²) in [5.74, 6) is -0.0200. The molecule has 0 aliphatic rings. The maximum absolute atomic E-state index is 12.5. The molecule has 3 N–H and O–H groups in total. The number of ether oxygens (including phenoxy) is 1. The summed E-state index contributed by atoms with van der Waals surface area (Å²) in [6.07, 6.45) is 92.2. The highest BCUT2D eigenvalue weighted by Gasteiger charge is 2.20. The number of carbonyl (C=O) groups excluding carboxylic acids is 2. The fourth-order valence-electron chi connectivity index (χ4n) is 11.7. The van der Waals surface area contributed by atoms with E-state index in [-0.39, 0.29) is 18.5 Å². The van der Waals surface area contributed by atoms with E-state index < -0.39 is 12.1 Å². The highest BCUT2D eigenvalue weighted by Crippen LogP contribution is 2.19. The first-order chi connectivity index (χ1) is 40.5. The maximum Gasteiger partial charge on any atom is 0.305 e. The van der Waals surface area contributed by atoms with Crippen LogP contribution in [0.2, 0.25) is 0 Å². The summed E-state index contributed by atoms with van der Waals surface area (Å²) in [6, 6.07) is -0.539. The SMILES string of the molecule is CCCCC/C=C\CCCCCCCC(=O)OCCCCCCCCCCCCCCC/C=C\C/C=C\CCCCCCCCCCCCCCCCCCCC(=O)NC(CO)C(O)CCCCCCCCCCCCCCCCCC. The van der Waals surface area contributed by atoms with Gasteiger partial charge in [-0.05, 0) is 83.5 Å². The first-order valence-electron chi connectivity index (χ1n) is 37.2. The van der Waals surface area contributed by atoms with Crippen molar-refractivity contribution in [3.63, 3.8) is 0 Å². The van der Waals surface area contributed by atoms with Gasteiger partial charge in [0.1, 0.15) is 0 Å². The molecule has 0 fully saturated rings. The van der Waals surface area contributed by atoms with E-state index in [0.717, 1.165) is 51.4 Å². The number of amides is 1. The molecule has 0 aliphatic carbocycles. The molecule has 2 unspecified atom stereocenters. The van der Waals surface area contributed by atoms with Crippen molar-refractivity contribution < 1.29 is 24.5 Å². The van der Waals surface area contributed by atoms with Crippen molar-refractivity contribution in [1.29, 1.82) is 0 Å². The van der Waals surface area contributed by atoms with Crippen molar-refractivity contribution in [2.75, 3.05) is 13.2 Å². The fourth-order valence-corrected chi connectivity index (χ4v) is 11.7. The second-order valence-electron chi connectivity index (χ2n) is 25.6. The van der Waals surface area contributed by atoms with Crippen molar-refractivity contribution in [3.05, 3.63) is 36.5 Å². The van der Waals surface area contributed by atoms with E-state index >= 15 is 0 Å². The number of rotatable bonds is 70. The van der Waals surface area contributed by atoms with Gasteiger partial charge in [-0.2, -0.15) is 0 Å². The molecule has 0 spiro atoms. The van der Waals surface area contributed by atoms with Gasteiger partial charge in [-0.1, -0.05) is 352 Å². The third-order valence-electron chi connectivity index (χ3n) is 17.4. The molecule has 0 rings (SSSR count). The molecular formula is C76H145NO5. The molecule has 0 aliphatic heterocycles. The van der Waals surface area contributed by atoms with Crippen molar-refractivity contribution >= 4 is 11.9 Å². The largest absolute Gasteiger partial charge is 0.466 e. The van der Waals surface area contributed by atoms with E-state index in [2.05, 4.69) is 55.6 Å². The van der Waals surface area contributed by atoms with E-state index in [1.54, 1.807) is 0 Å². The second kappa shape index (κ2) is 71.6. The highest BCUT2D eigenvalue weighted by atomic mass is 16.5. The van der Waals surface area contributed by atoms with Gasteiger partial charge in [0.05, 0.1) is 25.4 Å². The van der Waals surface area contributed by atoms with E-state index in [0.29, 0.717) is 25.9 Å². The zero-order valence-corrected chi connectivity index (χ0v) is 55.5. The Balaban J connectivity index is 3.36. The maximum atomic E-state index is 12.5. The number of unbranched alkanes of at least 4 members (excludes halogenated alkanes) is 53. The van der Waals surface area contributed by atoms with Crippen LogP contribution in [-0.4, -0.2) is 47.4 Å². The molecule has 82 heavy (non-hydrogen) atoms. The number of aliphatic hydroxyl groups excluding tert-OH is 2. The van der Waals surface area contributed by atoms with Gasteiger partial charge in [0.15, 0.2) is 0 Å². The molecule has 0 saturated heterocycles. The molecule has 1 amide bonds. The summed E-state index contributed by atoms with van der Waals surface area (Å²) in [6.45, 7) is 4.96. The van der Waals surface area contributed by atoms with Crippen LogP contribution in [0.25, 0.3) is 0 Å². The van der Waals surface area contributed by atoms with Gasteiger partial charge < -0.3 is 20.3 Å². The summed E-state index contributed by atoms with van der Waals surface area (Å²) in [4.78, 5) is 24.5. The normalized spacial score (nSPS) is 12.7. The van der Waals surface area contributed by atoms with Gasteiger partial charge in [-0.25, -0.2) is 0 Å². The summed E-state index contributed by atoms with van der Waals surface area (Å²) in [5.41, 5.74) is 0. The van der Waals surface area contributed by atoms with E-state index in [9.17, 15) is 19.8 Å². The monoisotopic (exact) mass is 1150 g/mol. The minimum atomic E-state index is -0.662. The Bertz CT molecular complexity index is 1330. The molecule has 6 nitrogen and oxygen atoms in total. The van der Waals surface area contributed by atoms with Crippen molar-refractivity contribution in [3.8, 4) is 0 Å². The van der Waals surface area contributed by atoms with E-state index in [1.165, 1.54) is 327 Å². The van der Waals surface area contributed by atoms with Crippen LogP contribution in [-0.2, 0) is 14.3 Å². The number of hydrogen-bond acceptors (Lipinski definition) is 5. The van der Waals surface area contributed by atoms with E-state index in [1.807, 2.05) is 0 Å². The summed E-state index contributed by atoms with van der Waals surface area (Å²) >= 11 is 0. The lowest BCUT2D eigenvalue weighted by Gasteiger charge is -2.22. The van der Waals surface area contributed by atoms with Crippen molar-refractivity contribution in [2.24, 2.45) is 0 Å². The van der Waals surface area contributed by atoms with Crippen LogP contribution in [0.15, 0.2) is 36.5 Å². The fraction of sp³-hybridized carbons (Fsp3) is 0.895. The predicted octanol–water partition coefficient (Wildman–Crippen LogP) is 24.3. The molecule has 0 saturated carbocycles. The molecule has 484 valence electrons. The van der Waals surface area contributed by atoms with Crippen molar-refractivity contribution in [2.45, 2.75) is 424 Å². The minimum Gasteiger partial charge on any atom is -0.466 e. The Kier molecular flexibility index (Phi) is 69.9. The molecular weight excluding hydrogens is 1010 g/mol. The minimum absolute atomic E-state index is 0.00896. The number of nitrogens with one attached hydrogen (secondary N) is 1. The van der Waals surface area contributed by atoms with E-state index in [4.69, 9.17) is 4.74 Å². The first-order valence-corrected chi connectivity index (χ1v) is 37.2. The molecule has 0 aromatic rings.